The fraction of sp³-hybridized carbons (Fsp3) is 0.538. The lowest BCUT2D eigenvalue weighted by atomic mass is 9.67. The number of benzene rings is 1. The van der Waals surface area contributed by atoms with Crippen molar-refractivity contribution in [1.29, 1.82) is 0 Å². The fourth-order valence-electron chi connectivity index (χ4n) is 4.58. The third kappa shape index (κ3) is 4.82. The number of aryl methyl sites for hydroxylation is 2. The molecule has 2 heterocycles. The Morgan fingerprint density at radius 2 is 2.00 bits per heavy atom. The van der Waals surface area contributed by atoms with Crippen molar-refractivity contribution in [3.63, 3.8) is 0 Å². The number of hydrogen-bond acceptors (Lipinski definition) is 7. The first-order valence-electron chi connectivity index (χ1n) is 12.1. The summed E-state index contributed by atoms with van der Waals surface area (Å²) in [6.45, 7) is 9.74. The van der Waals surface area contributed by atoms with Crippen molar-refractivity contribution in [3.8, 4) is 17.1 Å². The lowest BCUT2D eigenvalue weighted by Gasteiger charge is -2.43. The zero-order valence-electron chi connectivity index (χ0n) is 21.3. The summed E-state index contributed by atoms with van der Waals surface area (Å²) in [5, 5.41) is 15.3. The van der Waals surface area contributed by atoms with Gasteiger partial charge >= 0.3 is 5.97 Å². The summed E-state index contributed by atoms with van der Waals surface area (Å²) in [6.07, 6.45) is 2.14. The van der Waals surface area contributed by atoms with E-state index in [1.165, 1.54) is 0 Å². The van der Waals surface area contributed by atoms with Crippen LogP contribution in [0.25, 0.3) is 22.4 Å². The molecule has 0 amide bonds. The van der Waals surface area contributed by atoms with Crippen LogP contribution in [0.15, 0.2) is 23.0 Å². The molecule has 0 saturated heterocycles. The van der Waals surface area contributed by atoms with Gasteiger partial charge in [0.2, 0.25) is 0 Å². The molecule has 3 aromatic rings. The zero-order valence-corrected chi connectivity index (χ0v) is 21.3. The van der Waals surface area contributed by atoms with Crippen LogP contribution in [0.2, 0.25) is 0 Å². The maximum atomic E-state index is 13.0. The van der Waals surface area contributed by atoms with Crippen LogP contribution in [0.4, 0.5) is 0 Å². The number of esters is 1. The summed E-state index contributed by atoms with van der Waals surface area (Å²) in [4.78, 5) is 33.1. The second kappa shape index (κ2) is 9.11. The normalized spacial score (nSPS) is 20.0. The first-order chi connectivity index (χ1) is 16.5. The number of aliphatic hydroxyl groups is 1. The fourth-order valence-corrected chi connectivity index (χ4v) is 4.58. The van der Waals surface area contributed by atoms with Crippen molar-refractivity contribution < 1.29 is 19.4 Å². The van der Waals surface area contributed by atoms with Gasteiger partial charge in [-0.1, -0.05) is 19.4 Å². The van der Waals surface area contributed by atoms with Crippen molar-refractivity contribution in [3.05, 3.63) is 39.8 Å². The third-order valence-electron chi connectivity index (χ3n) is 6.23. The van der Waals surface area contributed by atoms with Gasteiger partial charge in [0.1, 0.15) is 22.7 Å². The Bertz CT molecular complexity index is 1310. The SMILES string of the molecule is CCCc1nn(C)c2c(=O)[nH]c(-c3cc(C4CC(O)(C(=O)OC(C)(C)C)C4)ccc3OCC)nc12. The van der Waals surface area contributed by atoms with Crippen LogP contribution < -0.4 is 10.3 Å². The third-order valence-corrected chi connectivity index (χ3v) is 6.23. The molecule has 1 aliphatic carbocycles. The predicted octanol–water partition coefficient (Wildman–Crippen LogP) is 3.63. The zero-order chi connectivity index (χ0) is 25.5. The number of rotatable bonds is 7. The average molecular weight is 483 g/mol. The van der Waals surface area contributed by atoms with Crippen LogP contribution in [0.5, 0.6) is 5.75 Å². The highest BCUT2D eigenvalue weighted by Crippen LogP contribution is 2.47. The van der Waals surface area contributed by atoms with Crippen LogP contribution in [0.3, 0.4) is 0 Å². The smallest absolute Gasteiger partial charge is 0.338 e. The van der Waals surface area contributed by atoms with E-state index in [2.05, 4.69) is 17.0 Å². The van der Waals surface area contributed by atoms with E-state index in [1.807, 2.05) is 25.1 Å². The number of H-pyrrole nitrogens is 1. The number of nitrogens with one attached hydrogen (secondary N) is 1. The Balaban J connectivity index is 1.70. The number of carbonyl (C=O) groups is 1. The van der Waals surface area contributed by atoms with Crippen molar-refractivity contribution in [2.45, 2.75) is 77.4 Å². The van der Waals surface area contributed by atoms with Gasteiger partial charge in [-0.15, -0.1) is 0 Å². The molecular weight excluding hydrogens is 448 g/mol. The van der Waals surface area contributed by atoms with E-state index in [-0.39, 0.29) is 24.3 Å². The second-order valence-electron chi connectivity index (χ2n) is 10.3. The van der Waals surface area contributed by atoms with Crippen molar-refractivity contribution >= 4 is 17.0 Å². The maximum Gasteiger partial charge on any atom is 0.338 e. The summed E-state index contributed by atoms with van der Waals surface area (Å²) in [5.41, 5.74) is 0.973. The monoisotopic (exact) mass is 482 g/mol. The van der Waals surface area contributed by atoms with Crippen LogP contribution >= 0.6 is 0 Å². The van der Waals surface area contributed by atoms with Gasteiger partial charge in [0, 0.05) is 7.05 Å². The first-order valence-corrected chi connectivity index (χ1v) is 12.1. The summed E-state index contributed by atoms with van der Waals surface area (Å²) in [7, 11) is 1.74. The summed E-state index contributed by atoms with van der Waals surface area (Å²) in [6, 6.07) is 5.70. The second-order valence-corrected chi connectivity index (χ2v) is 10.3. The van der Waals surface area contributed by atoms with Gasteiger partial charge in [0.25, 0.3) is 5.56 Å². The minimum Gasteiger partial charge on any atom is -0.493 e. The standard InChI is InChI=1S/C26H34N4O5/c1-7-9-18-20-21(30(6)29-18)23(31)28-22(27-20)17-12-15(10-11-19(17)34-8-2)16-13-26(33,14-16)24(32)35-25(3,4)5/h10-12,16,33H,7-9,13-14H2,1-6H3,(H,27,28,31). The number of aromatic nitrogens is 4. The van der Waals surface area contributed by atoms with Gasteiger partial charge in [0.15, 0.2) is 11.1 Å². The molecule has 1 saturated carbocycles. The van der Waals surface area contributed by atoms with Gasteiger partial charge in [-0.2, -0.15) is 5.10 Å². The topological polar surface area (TPSA) is 119 Å². The van der Waals surface area contributed by atoms with Gasteiger partial charge in [-0.25, -0.2) is 9.78 Å². The minimum absolute atomic E-state index is 0.0357. The highest BCUT2D eigenvalue weighted by molar-refractivity contribution is 5.82. The van der Waals surface area contributed by atoms with Crippen molar-refractivity contribution in [1.82, 2.24) is 19.7 Å². The van der Waals surface area contributed by atoms with Gasteiger partial charge in [0.05, 0.1) is 17.9 Å². The molecule has 0 unspecified atom stereocenters. The molecule has 2 N–H and O–H groups in total. The van der Waals surface area contributed by atoms with E-state index >= 15 is 0 Å². The number of ether oxygens (including phenoxy) is 2. The minimum atomic E-state index is -1.49. The molecule has 4 rings (SSSR count). The van der Waals surface area contributed by atoms with Crippen LogP contribution in [0, 0.1) is 0 Å². The summed E-state index contributed by atoms with van der Waals surface area (Å²) >= 11 is 0. The lowest BCUT2D eigenvalue weighted by molar-refractivity contribution is -0.188. The first kappa shape index (κ1) is 24.9. The summed E-state index contributed by atoms with van der Waals surface area (Å²) < 4.78 is 12.8. The molecule has 0 atom stereocenters. The molecule has 0 spiro atoms. The van der Waals surface area contributed by atoms with Gasteiger partial charge < -0.3 is 19.6 Å². The molecular formula is C26H34N4O5. The number of aromatic amines is 1. The molecule has 2 aromatic heterocycles. The quantitative estimate of drug-likeness (QED) is 0.494. The number of nitrogens with zero attached hydrogens (tertiary/aromatic N) is 3. The number of carbonyl (C=O) groups excluding carboxylic acids is 1. The van der Waals surface area contributed by atoms with Crippen molar-refractivity contribution in [2.24, 2.45) is 7.05 Å². The Kier molecular flexibility index (Phi) is 6.48. The van der Waals surface area contributed by atoms with E-state index in [0.29, 0.717) is 34.8 Å². The largest absolute Gasteiger partial charge is 0.493 e. The highest BCUT2D eigenvalue weighted by Gasteiger charge is 2.51. The molecule has 0 bridgehead atoms. The predicted molar refractivity (Wildman–Crippen MR) is 132 cm³/mol. The maximum absolute atomic E-state index is 13.0. The highest BCUT2D eigenvalue weighted by atomic mass is 16.6. The molecule has 0 aliphatic heterocycles. The van der Waals surface area contributed by atoms with Crippen LogP contribution in [-0.2, 0) is 23.0 Å². The Labute approximate surface area is 204 Å². The van der Waals surface area contributed by atoms with E-state index in [9.17, 15) is 14.7 Å². The molecule has 9 nitrogen and oxygen atoms in total. The molecule has 1 aliphatic rings. The molecule has 35 heavy (non-hydrogen) atoms. The van der Waals surface area contributed by atoms with Crippen molar-refractivity contribution in [2.75, 3.05) is 6.61 Å². The van der Waals surface area contributed by atoms with E-state index in [1.54, 1.807) is 32.5 Å². The lowest BCUT2D eigenvalue weighted by Crippen LogP contribution is -2.52. The molecule has 1 fully saturated rings. The summed E-state index contributed by atoms with van der Waals surface area (Å²) in [5.74, 6) is 0.372. The van der Waals surface area contributed by atoms with E-state index in [4.69, 9.17) is 14.5 Å². The van der Waals surface area contributed by atoms with Gasteiger partial charge in [-0.3, -0.25) is 9.48 Å². The average Bonchev–Trinajstić information content (AvgIpc) is 3.06. The molecule has 0 radical (unpaired) electrons. The molecule has 9 heteroatoms. The molecule has 188 valence electrons. The van der Waals surface area contributed by atoms with Crippen LogP contribution in [-0.4, -0.2) is 48.6 Å². The van der Waals surface area contributed by atoms with E-state index in [0.717, 1.165) is 24.1 Å². The molecule has 1 aromatic carbocycles. The van der Waals surface area contributed by atoms with Gasteiger partial charge in [-0.05, 0) is 70.6 Å². The Morgan fingerprint density at radius 1 is 1.29 bits per heavy atom. The van der Waals surface area contributed by atoms with Crippen LogP contribution in [0.1, 0.15) is 71.1 Å². The Hall–Kier alpha value is -3.20. The number of hydrogen-bond donors (Lipinski definition) is 2. The number of fused-ring (bicyclic) bond motifs is 1. The van der Waals surface area contributed by atoms with E-state index < -0.39 is 17.2 Å². The Morgan fingerprint density at radius 3 is 2.63 bits per heavy atom.